The maximum atomic E-state index is 12.0. The van der Waals surface area contributed by atoms with Gasteiger partial charge in [-0.15, -0.1) is 0 Å². The van der Waals surface area contributed by atoms with Crippen molar-refractivity contribution in [1.29, 1.82) is 0 Å². The van der Waals surface area contributed by atoms with Crippen molar-refractivity contribution in [3.8, 4) is 0 Å². The van der Waals surface area contributed by atoms with E-state index in [0.717, 1.165) is 57.7 Å². The predicted molar refractivity (Wildman–Crippen MR) is 115 cm³/mol. The van der Waals surface area contributed by atoms with E-state index in [1.165, 1.54) is 6.42 Å². The standard InChI is InChI=1S/C21H34N6O2/c1-26(2)20(28)16-24-21(23-15-18-7-4-6-14-29-18)25-17-9-12-27(13-10-17)19-8-3-5-11-22-19/h3,5,8,11,17-18H,4,6-7,9-10,12-16H2,1-2H3,(H2,23,24,25). The van der Waals surface area contributed by atoms with Gasteiger partial charge in [0, 0.05) is 52.6 Å². The number of carbonyl (C=O) groups is 1. The monoisotopic (exact) mass is 402 g/mol. The van der Waals surface area contributed by atoms with Gasteiger partial charge in [-0.3, -0.25) is 4.79 Å². The number of guanidine groups is 1. The van der Waals surface area contributed by atoms with Crippen molar-refractivity contribution in [2.75, 3.05) is 51.8 Å². The van der Waals surface area contributed by atoms with Crippen LogP contribution in [-0.2, 0) is 9.53 Å². The lowest BCUT2D eigenvalue weighted by Gasteiger charge is -2.34. The predicted octanol–water partition coefficient (Wildman–Crippen LogP) is 1.24. The molecule has 0 bridgehead atoms. The number of amides is 1. The van der Waals surface area contributed by atoms with E-state index in [0.29, 0.717) is 12.0 Å². The van der Waals surface area contributed by atoms with Gasteiger partial charge in [0.15, 0.2) is 5.96 Å². The molecule has 8 nitrogen and oxygen atoms in total. The van der Waals surface area contributed by atoms with Crippen LogP contribution in [-0.4, -0.2) is 80.8 Å². The Morgan fingerprint density at radius 2 is 2.10 bits per heavy atom. The van der Waals surface area contributed by atoms with Crippen LogP contribution in [0.1, 0.15) is 32.1 Å². The third kappa shape index (κ3) is 6.88. The van der Waals surface area contributed by atoms with Crippen LogP contribution in [0.3, 0.4) is 0 Å². The van der Waals surface area contributed by atoms with Crippen molar-refractivity contribution in [1.82, 2.24) is 20.5 Å². The van der Waals surface area contributed by atoms with Crippen molar-refractivity contribution in [3.05, 3.63) is 24.4 Å². The average molecular weight is 403 g/mol. The van der Waals surface area contributed by atoms with Crippen LogP contribution in [0.25, 0.3) is 0 Å². The van der Waals surface area contributed by atoms with Gasteiger partial charge in [-0.05, 0) is 44.2 Å². The normalized spacial score (nSPS) is 21.0. The van der Waals surface area contributed by atoms with E-state index in [4.69, 9.17) is 4.74 Å². The Balaban J connectivity index is 1.52. The molecule has 0 radical (unpaired) electrons. The van der Waals surface area contributed by atoms with Crippen molar-refractivity contribution < 1.29 is 9.53 Å². The van der Waals surface area contributed by atoms with Gasteiger partial charge in [0.05, 0.1) is 6.10 Å². The number of ether oxygens (including phenoxy) is 1. The highest BCUT2D eigenvalue weighted by Crippen LogP contribution is 2.17. The molecule has 3 rings (SSSR count). The summed E-state index contributed by atoms with van der Waals surface area (Å²) in [4.78, 5) is 24.8. The number of piperidine rings is 1. The van der Waals surface area contributed by atoms with Gasteiger partial charge in [0.2, 0.25) is 5.91 Å². The summed E-state index contributed by atoms with van der Waals surface area (Å²) in [5.74, 6) is 1.72. The van der Waals surface area contributed by atoms with Crippen LogP contribution >= 0.6 is 0 Å². The molecule has 2 aliphatic rings. The molecule has 2 aliphatic heterocycles. The smallest absolute Gasteiger partial charge is 0.243 e. The fraction of sp³-hybridized carbons (Fsp3) is 0.667. The first-order chi connectivity index (χ1) is 14.1. The highest BCUT2D eigenvalue weighted by Gasteiger charge is 2.22. The number of nitrogens with one attached hydrogen (secondary N) is 2. The Kier molecular flexibility index (Phi) is 8.10. The number of hydrogen-bond acceptors (Lipinski definition) is 5. The molecule has 1 aromatic heterocycles. The summed E-state index contributed by atoms with van der Waals surface area (Å²) in [5.41, 5.74) is 0. The third-order valence-corrected chi connectivity index (χ3v) is 5.45. The number of pyridine rings is 1. The SMILES string of the molecule is CN(C)C(=O)CN=C(NCC1CCCCO1)NC1CCN(c2ccccn2)CC1. The second-order valence-corrected chi connectivity index (χ2v) is 7.92. The summed E-state index contributed by atoms with van der Waals surface area (Å²) in [5, 5.41) is 6.92. The van der Waals surface area contributed by atoms with E-state index in [9.17, 15) is 4.79 Å². The summed E-state index contributed by atoms with van der Waals surface area (Å²) in [7, 11) is 3.50. The lowest BCUT2D eigenvalue weighted by Crippen LogP contribution is -2.50. The van der Waals surface area contributed by atoms with E-state index in [-0.39, 0.29) is 18.6 Å². The Hall–Kier alpha value is -2.35. The fourth-order valence-corrected chi connectivity index (χ4v) is 3.61. The molecule has 1 atom stereocenters. The van der Waals surface area contributed by atoms with Crippen LogP contribution in [0, 0.1) is 0 Å². The fourth-order valence-electron chi connectivity index (χ4n) is 3.61. The molecule has 2 N–H and O–H groups in total. The lowest BCUT2D eigenvalue weighted by atomic mass is 10.1. The number of aliphatic imine (C=N–C) groups is 1. The van der Waals surface area contributed by atoms with Gasteiger partial charge < -0.3 is 25.2 Å². The van der Waals surface area contributed by atoms with Gasteiger partial charge in [0.25, 0.3) is 0 Å². The van der Waals surface area contributed by atoms with E-state index < -0.39 is 0 Å². The minimum Gasteiger partial charge on any atom is -0.376 e. The van der Waals surface area contributed by atoms with E-state index in [2.05, 4.69) is 31.6 Å². The Labute approximate surface area is 173 Å². The summed E-state index contributed by atoms with van der Waals surface area (Å²) < 4.78 is 5.81. The maximum Gasteiger partial charge on any atom is 0.243 e. The molecular weight excluding hydrogens is 368 g/mol. The third-order valence-electron chi connectivity index (χ3n) is 5.45. The molecule has 0 saturated carbocycles. The van der Waals surface area contributed by atoms with Crippen LogP contribution in [0.2, 0.25) is 0 Å². The number of carbonyl (C=O) groups excluding carboxylic acids is 1. The van der Waals surface area contributed by atoms with Gasteiger partial charge in [-0.1, -0.05) is 6.07 Å². The zero-order chi connectivity index (χ0) is 20.5. The number of likely N-dealkylation sites (N-methyl/N-ethyl adjacent to an activating group) is 1. The molecule has 2 fully saturated rings. The van der Waals surface area contributed by atoms with E-state index in [1.54, 1.807) is 19.0 Å². The topological polar surface area (TPSA) is 82.1 Å². The zero-order valence-electron chi connectivity index (χ0n) is 17.6. The van der Waals surface area contributed by atoms with Crippen LogP contribution in [0.4, 0.5) is 5.82 Å². The second kappa shape index (κ2) is 11.0. The number of nitrogens with zero attached hydrogens (tertiary/aromatic N) is 4. The molecule has 8 heteroatoms. The van der Waals surface area contributed by atoms with Crippen LogP contribution in [0.15, 0.2) is 29.4 Å². The van der Waals surface area contributed by atoms with Gasteiger partial charge >= 0.3 is 0 Å². The molecule has 0 aliphatic carbocycles. The number of anilines is 1. The number of hydrogen-bond donors (Lipinski definition) is 2. The Morgan fingerprint density at radius 3 is 2.76 bits per heavy atom. The highest BCUT2D eigenvalue weighted by atomic mass is 16.5. The number of aromatic nitrogens is 1. The summed E-state index contributed by atoms with van der Waals surface area (Å²) in [6.07, 6.45) is 7.46. The number of rotatable bonds is 6. The lowest BCUT2D eigenvalue weighted by molar-refractivity contribution is -0.127. The average Bonchev–Trinajstić information content (AvgIpc) is 2.77. The Bertz CT molecular complexity index is 652. The van der Waals surface area contributed by atoms with Gasteiger partial charge in [0.1, 0.15) is 12.4 Å². The summed E-state index contributed by atoms with van der Waals surface area (Å²) >= 11 is 0. The molecule has 160 valence electrons. The first-order valence-electron chi connectivity index (χ1n) is 10.6. The molecular formula is C21H34N6O2. The largest absolute Gasteiger partial charge is 0.376 e. The maximum absolute atomic E-state index is 12.0. The molecule has 0 aromatic carbocycles. The van der Waals surface area contributed by atoms with Crippen molar-refractivity contribution >= 4 is 17.7 Å². The van der Waals surface area contributed by atoms with Crippen molar-refractivity contribution in [2.24, 2.45) is 4.99 Å². The molecule has 1 amide bonds. The second-order valence-electron chi connectivity index (χ2n) is 7.92. The van der Waals surface area contributed by atoms with Crippen LogP contribution in [0.5, 0.6) is 0 Å². The molecule has 1 aromatic rings. The van der Waals surface area contributed by atoms with Gasteiger partial charge in [-0.25, -0.2) is 9.98 Å². The minimum absolute atomic E-state index is 0.00927. The molecule has 0 spiro atoms. The Morgan fingerprint density at radius 1 is 1.28 bits per heavy atom. The summed E-state index contributed by atoms with van der Waals surface area (Å²) in [6.45, 7) is 3.58. The highest BCUT2D eigenvalue weighted by molar-refractivity contribution is 5.85. The van der Waals surface area contributed by atoms with E-state index >= 15 is 0 Å². The minimum atomic E-state index is -0.00927. The van der Waals surface area contributed by atoms with Crippen LogP contribution < -0.4 is 15.5 Å². The van der Waals surface area contributed by atoms with E-state index in [1.807, 2.05) is 18.3 Å². The molecule has 2 saturated heterocycles. The quantitative estimate of drug-likeness (QED) is 0.550. The first-order valence-corrected chi connectivity index (χ1v) is 10.6. The van der Waals surface area contributed by atoms with Crippen molar-refractivity contribution in [2.45, 2.75) is 44.2 Å². The van der Waals surface area contributed by atoms with Crippen molar-refractivity contribution in [3.63, 3.8) is 0 Å². The molecule has 3 heterocycles. The first kappa shape index (κ1) is 21.4. The molecule has 1 unspecified atom stereocenters. The molecule has 29 heavy (non-hydrogen) atoms. The zero-order valence-corrected chi connectivity index (χ0v) is 17.6. The summed E-state index contributed by atoms with van der Waals surface area (Å²) in [6, 6.07) is 6.34. The van der Waals surface area contributed by atoms with Gasteiger partial charge in [-0.2, -0.15) is 0 Å².